The van der Waals surface area contributed by atoms with Gasteiger partial charge in [-0.3, -0.25) is 0 Å². The second kappa shape index (κ2) is 6.38. The Morgan fingerprint density at radius 1 is 1.28 bits per heavy atom. The van der Waals surface area contributed by atoms with Crippen molar-refractivity contribution >= 4 is 0 Å². The molecule has 1 aliphatic rings. The molecule has 18 heavy (non-hydrogen) atoms. The Labute approximate surface area is 114 Å². The van der Waals surface area contributed by atoms with E-state index in [0.29, 0.717) is 5.41 Å². The molecule has 0 saturated heterocycles. The summed E-state index contributed by atoms with van der Waals surface area (Å²) in [5.74, 6) is 1.75. The molecule has 0 heterocycles. The van der Waals surface area contributed by atoms with Gasteiger partial charge in [-0.2, -0.15) is 0 Å². The molecule has 108 valence electrons. The summed E-state index contributed by atoms with van der Waals surface area (Å²) in [6, 6.07) is 0. The lowest BCUT2D eigenvalue weighted by Crippen LogP contribution is -2.38. The summed E-state index contributed by atoms with van der Waals surface area (Å²) in [6.45, 7) is 9.91. The zero-order valence-corrected chi connectivity index (χ0v) is 13.1. The highest BCUT2D eigenvalue weighted by atomic mass is 16.5. The highest BCUT2D eigenvalue weighted by Gasteiger charge is 2.36. The minimum absolute atomic E-state index is 0.00291. The molecule has 0 aromatic heterocycles. The SMILES string of the molecule is COC(C)(C)CCC1(CN)CCC(C(C)C)CC1. The maximum atomic E-state index is 6.09. The van der Waals surface area contributed by atoms with Crippen LogP contribution in [0.2, 0.25) is 0 Å². The lowest BCUT2D eigenvalue weighted by molar-refractivity contribution is -0.00274. The van der Waals surface area contributed by atoms with Gasteiger partial charge in [-0.15, -0.1) is 0 Å². The summed E-state index contributed by atoms with van der Waals surface area (Å²) in [5.41, 5.74) is 6.48. The van der Waals surface area contributed by atoms with Crippen molar-refractivity contribution in [1.29, 1.82) is 0 Å². The molecule has 1 rings (SSSR count). The van der Waals surface area contributed by atoms with Gasteiger partial charge in [0.1, 0.15) is 0 Å². The third-order valence-electron chi connectivity index (χ3n) is 5.28. The molecule has 0 radical (unpaired) electrons. The molecule has 1 aliphatic carbocycles. The van der Waals surface area contributed by atoms with Crippen LogP contribution >= 0.6 is 0 Å². The van der Waals surface area contributed by atoms with Crippen molar-refractivity contribution in [3.63, 3.8) is 0 Å². The van der Waals surface area contributed by atoms with E-state index in [-0.39, 0.29) is 5.60 Å². The fraction of sp³-hybridized carbons (Fsp3) is 1.00. The van der Waals surface area contributed by atoms with Crippen LogP contribution in [0.4, 0.5) is 0 Å². The van der Waals surface area contributed by atoms with Gasteiger partial charge in [0.25, 0.3) is 0 Å². The van der Waals surface area contributed by atoms with E-state index in [1.807, 2.05) is 7.11 Å². The van der Waals surface area contributed by atoms with Gasteiger partial charge in [0.15, 0.2) is 0 Å². The zero-order valence-electron chi connectivity index (χ0n) is 13.1. The standard InChI is InChI=1S/C16H33NO/c1-13(2)14-6-8-16(12-17,9-7-14)11-10-15(3,4)18-5/h13-14H,6-12,17H2,1-5H3. The molecule has 0 aromatic rings. The Bertz CT molecular complexity index is 239. The van der Waals surface area contributed by atoms with Crippen LogP contribution in [-0.2, 0) is 4.74 Å². The molecule has 0 unspecified atom stereocenters. The molecule has 0 bridgehead atoms. The first-order chi connectivity index (χ1) is 8.34. The normalized spacial score (nSPS) is 29.8. The maximum absolute atomic E-state index is 6.09. The van der Waals surface area contributed by atoms with Crippen LogP contribution in [-0.4, -0.2) is 19.3 Å². The molecule has 2 nitrogen and oxygen atoms in total. The fourth-order valence-electron chi connectivity index (χ4n) is 3.14. The van der Waals surface area contributed by atoms with E-state index in [1.54, 1.807) is 0 Å². The van der Waals surface area contributed by atoms with Gasteiger partial charge in [0, 0.05) is 7.11 Å². The molecule has 0 spiro atoms. The van der Waals surface area contributed by atoms with Gasteiger partial charge in [0.05, 0.1) is 5.60 Å². The van der Waals surface area contributed by atoms with Crippen LogP contribution < -0.4 is 5.73 Å². The number of nitrogens with two attached hydrogens (primary N) is 1. The van der Waals surface area contributed by atoms with E-state index in [9.17, 15) is 0 Å². The van der Waals surface area contributed by atoms with Crippen molar-refractivity contribution in [3.8, 4) is 0 Å². The molecule has 0 amide bonds. The summed E-state index contributed by atoms with van der Waals surface area (Å²) in [4.78, 5) is 0. The minimum atomic E-state index is -0.00291. The van der Waals surface area contributed by atoms with E-state index >= 15 is 0 Å². The van der Waals surface area contributed by atoms with Crippen molar-refractivity contribution in [1.82, 2.24) is 0 Å². The van der Waals surface area contributed by atoms with Gasteiger partial charge in [-0.05, 0) is 76.2 Å². The molecule has 0 atom stereocenters. The Balaban J connectivity index is 2.51. The second-order valence-corrected chi connectivity index (χ2v) is 7.25. The largest absolute Gasteiger partial charge is 0.379 e. The summed E-state index contributed by atoms with van der Waals surface area (Å²) in [5, 5.41) is 0. The Kier molecular flexibility index (Phi) is 5.67. The highest BCUT2D eigenvalue weighted by molar-refractivity contribution is 4.89. The summed E-state index contributed by atoms with van der Waals surface area (Å²) < 4.78 is 5.54. The summed E-state index contributed by atoms with van der Waals surface area (Å²) in [7, 11) is 1.81. The van der Waals surface area contributed by atoms with Crippen LogP contribution in [0.3, 0.4) is 0 Å². The molecular formula is C16H33NO. The van der Waals surface area contributed by atoms with E-state index in [2.05, 4.69) is 27.7 Å². The quantitative estimate of drug-likeness (QED) is 0.779. The van der Waals surface area contributed by atoms with Crippen molar-refractivity contribution in [2.45, 2.75) is 71.8 Å². The van der Waals surface area contributed by atoms with Gasteiger partial charge >= 0.3 is 0 Å². The minimum Gasteiger partial charge on any atom is -0.379 e. The van der Waals surface area contributed by atoms with Crippen molar-refractivity contribution < 1.29 is 4.74 Å². The Morgan fingerprint density at radius 3 is 2.22 bits per heavy atom. The van der Waals surface area contributed by atoms with E-state index < -0.39 is 0 Å². The number of hydrogen-bond donors (Lipinski definition) is 1. The molecule has 0 aromatic carbocycles. The third-order valence-corrected chi connectivity index (χ3v) is 5.28. The fourth-order valence-corrected chi connectivity index (χ4v) is 3.14. The predicted octanol–water partition coefficient (Wildman–Crippen LogP) is 3.98. The second-order valence-electron chi connectivity index (χ2n) is 7.25. The Hall–Kier alpha value is -0.0800. The van der Waals surface area contributed by atoms with E-state index in [1.165, 1.54) is 32.1 Å². The first-order valence-corrected chi connectivity index (χ1v) is 7.59. The van der Waals surface area contributed by atoms with Crippen molar-refractivity contribution in [2.24, 2.45) is 23.0 Å². The zero-order chi connectivity index (χ0) is 13.8. The van der Waals surface area contributed by atoms with Crippen LogP contribution in [0.25, 0.3) is 0 Å². The van der Waals surface area contributed by atoms with Gasteiger partial charge in [-0.25, -0.2) is 0 Å². The summed E-state index contributed by atoms with van der Waals surface area (Å²) in [6.07, 6.45) is 7.69. The van der Waals surface area contributed by atoms with Crippen LogP contribution in [0.5, 0.6) is 0 Å². The number of hydrogen-bond acceptors (Lipinski definition) is 2. The average molecular weight is 255 g/mol. The number of methoxy groups -OCH3 is 1. The van der Waals surface area contributed by atoms with Crippen molar-refractivity contribution in [3.05, 3.63) is 0 Å². The van der Waals surface area contributed by atoms with Crippen LogP contribution in [0.1, 0.15) is 66.2 Å². The lowest BCUT2D eigenvalue weighted by atomic mass is 9.65. The predicted molar refractivity (Wildman–Crippen MR) is 78.6 cm³/mol. The van der Waals surface area contributed by atoms with E-state index in [0.717, 1.165) is 24.8 Å². The first-order valence-electron chi connectivity index (χ1n) is 7.59. The average Bonchev–Trinajstić information content (AvgIpc) is 2.37. The molecule has 0 aliphatic heterocycles. The first kappa shape index (κ1) is 16.0. The highest BCUT2D eigenvalue weighted by Crippen LogP contribution is 2.44. The topological polar surface area (TPSA) is 35.2 Å². The third kappa shape index (κ3) is 4.24. The van der Waals surface area contributed by atoms with E-state index in [4.69, 9.17) is 10.5 Å². The maximum Gasteiger partial charge on any atom is 0.0623 e. The monoisotopic (exact) mass is 255 g/mol. The molecule has 2 heteroatoms. The molecule has 1 fully saturated rings. The van der Waals surface area contributed by atoms with Crippen LogP contribution in [0, 0.1) is 17.3 Å². The van der Waals surface area contributed by atoms with Gasteiger partial charge < -0.3 is 10.5 Å². The number of ether oxygens (including phenoxy) is 1. The van der Waals surface area contributed by atoms with Crippen LogP contribution in [0.15, 0.2) is 0 Å². The van der Waals surface area contributed by atoms with Gasteiger partial charge in [0.2, 0.25) is 0 Å². The van der Waals surface area contributed by atoms with Gasteiger partial charge in [-0.1, -0.05) is 13.8 Å². The molecule has 2 N–H and O–H groups in total. The smallest absolute Gasteiger partial charge is 0.0623 e. The number of rotatable bonds is 6. The summed E-state index contributed by atoms with van der Waals surface area (Å²) >= 11 is 0. The van der Waals surface area contributed by atoms with Crippen molar-refractivity contribution in [2.75, 3.05) is 13.7 Å². The lowest BCUT2D eigenvalue weighted by Gasteiger charge is -2.42. The molecule has 1 saturated carbocycles. The Morgan fingerprint density at radius 2 is 1.83 bits per heavy atom. The molecular weight excluding hydrogens is 222 g/mol.